The predicted octanol–water partition coefficient (Wildman–Crippen LogP) is 0.512. The van der Waals surface area contributed by atoms with Gasteiger partial charge < -0.3 is 0 Å². The molecule has 0 amide bonds. The fourth-order valence-electron chi connectivity index (χ4n) is 0. The Morgan fingerprint density at radius 2 is 2.25 bits per heavy atom. The molecule has 0 unspecified atom stereocenters. The average Bonchev–Trinajstić information content (AvgIpc) is 1.37. The molecule has 0 fully saturated rings. The Morgan fingerprint density at radius 1 is 2.00 bits per heavy atom. The van der Waals surface area contributed by atoms with Gasteiger partial charge in [-0.25, -0.2) is 0 Å². The van der Waals surface area contributed by atoms with Crippen molar-refractivity contribution in [2.45, 2.75) is 0 Å². The molecule has 26 valence electrons. The van der Waals surface area contributed by atoms with Gasteiger partial charge in [-0.15, -0.1) is 0 Å². The van der Waals surface area contributed by atoms with Gasteiger partial charge in [0, 0.05) is 0 Å². The first-order valence-corrected chi connectivity index (χ1v) is 2.94. The summed E-state index contributed by atoms with van der Waals surface area (Å²) < 4.78 is 0. The van der Waals surface area contributed by atoms with Crippen LogP contribution in [0.25, 0.3) is 0 Å². The summed E-state index contributed by atoms with van der Waals surface area (Å²) in [4.78, 5) is 0. The van der Waals surface area contributed by atoms with Gasteiger partial charge in [0.25, 0.3) is 0 Å². The number of hydrogen-bond acceptors (Lipinski definition) is 0. The Morgan fingerprint density at radius 3 is 2.25 bits per heavy atom. The topological polar surface area (TPSA) is 0 Å². The predicted molar refractivity (Wildman–Crippen MR) is 27.6 cm³/mol. The zero-order valence-corrected chi connectivity index (χ0v) is 4.99. The normalized spacial score (nSPS) is 6.50. The van der Waals surface area contributed by atoms with E-state index in [9.17, 15) is 0 Å². The van der Waals surface area contributed by atoms with Crippen molar-refractivity contribution >= 4 is 9.24 Å². The molecule has 0 aromatic heterocycles. The molecule has 0 radical (unpaired) electrons. The van der Waals surface area contributed by atoms with E-state index in [-0.39, 0.29) is 0 Å². The minimum atomic E-state index is 1.22. The summed E-state index contributed by atoms with van der Waals surface area (Å²) in [6.07, 6.45) is 3.16. The van der Waals surface area contributed by atoms with Crippen LogP contribution >= 0.6 is 9.24 Å². The summed E-state index contributed by atoms with van der Waals surface area (Å²) >= 11 is 0. The van der Waals surface area contributed by atoms with Crippen molar-refractivity contribution in [3.63, 3.8) is 0 Å². The Labute approximate surface area is 29.1 Å². The van der Waals surface area contributed by atoms with E-state index in [1.54, 1.807) is 0 Å². The molecule has 0 heterocycles. The van der Waals surface area contributed by atoms with E-state index in [0.717, 1.165) is 0 Å². The van der Waals surface area contributed by atoms with E-state index in [0.29, 0.717) is 0 Å². The van der Waals surface area contributed by atoms with Gasteiger partial charge in [0.05, 0.1) is 0 Å². The van der Waals surface area contributed by atoms with Crippen molar-refractivity contribution in [1.82, 2.24) is 0 Å². The molecule has 0 bridgehead atoms. The van der Waals surface area contributed by atoms with Gasteiger partial charge in [-0.05, 0) is 0 Å². The van der Waals surface area contributed by atoms with Crippen molar-refractivity contribution < 1.29 is 0 Å². The molecule has 0 atom stereocenters. The standard InChI is InChI=1S/C3H9P/c1-2-3-4/h2H,1,3H2,4H4. The monoisotopic (exact) mass is 76.0 g/mol. The zero-order chi connectivity index (χ0) is 3.41. The van der Waals surface area contributed by atoms with Gasteiger partial charge in [-0.2, -0.15) is 0 Å². The second-order valence-electron chi connectivity index (χ2n) is 0.697. The molecule has 0 saturated carbocycles. The van der Waals surface area contributed by atoms with Crippen molar-refractivity contribution in [2.75, 3.05) is 6.16 Å². The number of allylic oxidation sites excluding steroid dienone is 1. The Balaban J connectivity index is 2.30. The fraction of sp³-hybridized carbons (Fsp3) is 0.333. The van der Waals surface area contributed by atoms with Crippen molar-refractivity contribution in [3.05, 3.63) is 12.7 Å². The van der Waals surface area contributed by atoms with Gasteiger partial charge in [0.15, 0.2) is 0 Å². The van der Waals surface area contributed by atoms with Crippen molar-refractivity contribution in [2.24, 2.45) is 0 Å². The first-order chi connectivity index (χ1) is 1.91. The molecule has 0 aromatic rings. The maximum absolute atomic E-state index is 3.51. The second kappa shape index (κ2) is 3.17. The molecule has 0 aliphatic rings. The third-order valence-corrected chi connectivity index (χ3v) is 0.866. The maximum atomic E-state index is 3.51. The first-order valence-electron chi connectivity index (χ1n) is 1.52. The Kier molecular flexibility index (Phi) is 3.30. The molecule has 0 aliphatic carbocycles. The van der Waals surface area contributed by atoms with Gasteiger partial charge in [-0.3, -0.25) is 0 Å². The molecule has 0 rings (SSSR count). The molecule has 0 spiro atoms. The zero-order valence-electron chi connectivity index (χ0n) is 2.99. The van der Waals surface area contributed by atoms with E-state index >= 15 is 0 Å². The quantitative estimate of drug-likeness (QED) is 0.315. The van der Waals surface area contributed by atoms with E-state index in [2.05, 4.69) is 6.58 Å². The third kappa shape index (κ3) is 2.17. The molecule has 0 aromatic carbocycles. The number of rotatable bonds is 1. The molecule has 0 aliphatic heterocycles. The van der Waals surface area contributed by atoms with Crippen molar-refractivity contribution in [3.8, 4) is 0 Å². The second-order valence-corrected chi connectivity index (χ2v) is 1.51. The molecule has 1 heteroatoms. The summed E-state index contributed by atoms with van der Waals surface area (Å²) in [5.41, 5.74) is 0. The van der Waals surface area contributed by atoms with Gasteiger partial charge in [0.2, 0.25) is 0 Å². The van der Waals surface area contributed by atoms with Crippen LogP contribution in [-0.2, 0) is 0 Å². The Hall–Kier alpha value is 0.170. The SMILES string of the molecule is C=CC[PH4]. The van der Waals surface area contributed by atoms with Crippen LogP contribution < -0.4 is 0 Å². The molecular weight excluding hydrogens is 67.0 g/mol. The molecule has 0 N–H and O–H groups in total. The van der Waals surface area contributed by atoms with Crippen molar-refractivity contribution in [1.29, 1.82) is 0 Å². The summed E-state index contributed by atoms with van der Waals surface area (Å²) in [7, 11) is 1.27. The number of hydrogen-bond donors (Lipinski definition) is 0. The minimum absolute atomic E-state index is 1.22. The molecule has 0 saturated heterocycles. The summed E-state index contributed by atoms with van der Waals surface area (Å²) in [5, 5.41) is 0. The van der Waals surface area contributed by atoms with E-state index in [1.165, 1.54) is 15.4 Å². The summed E-state index contributed by atoms with van der Waals surface area (Å²) in [6, 6.07) is 0. The van der Waals surface area contributed by atoms with Gasteiger partial charge >= 0.3 is 28.1 Å². The molecule has 4 heavy (non-hydrogen) atoms. The van der Waals surface area contributed by atoms with Crippen LogP contribution in [0.3, 0.4) is 0 Å². The third-order valence-electron chi connectivity index (χ3n) is 0.289. The molecular formula is C3H9P. The Bertz CT molecular complexity index is 17.2. The first kappa shape index (κ1) is 4.17. The fourth-order valence-corrected chi connectivity index (χ4v) is 0. The van der Waals surface area contributed by atoms with Crippen LogP contribution in [0.2, 0.25) is 0 Å². The molecule has 0 nitrogen and oxygen atoms in total. The van der Waals surface area contributed by atoms with Crippen LogP contribution in [0.5, 0.6) is 0 Å². The van der Waals surface area contributed by atoms with Crippen LogP contribution in [0.4, 0.5) is 0 Å². The van der Waals surface area contributed by atoms with Gasteiger partial charge in [-0.1, -0.05) is 0 Å². The summed E-state index contributed by atoms with van der Waals surface area (Å²) in [5.74, 6) is 0. The van der Waals surface area contributed by atoms with E-state index < -0.39 is 0 Å². The summed E-state index contributed by atoms with van der Waals surface area (Å²) in [6.45, 7) is 3.51. The van der Waals surface area contributed by atoms with E-state index in [4.69, 9.17) is 0 Å². The average molecular weight is 76.1 g/mol. The van der Waals surface area contributed by atoms with Crippen LogP contribution in [0.1, 0.15) is 0 Å². The van der Waals surface area contributed by atoms with Crippen LogP contribution in [0, 0.1) is 0 Å². The van der Waals surface area contributed by atoms with Crippen LogP contribution in [0.15, 0.2) is 12.7 Å². The van der Waals surface area contributed by atoms with Gasteiger partial charge in [0.1, 0.15) is 0 Å². The van der Waals surface area contributed by atoms with E-state index in [1.807, 2.05) is 6.08 Å². The van der Waals surface area contributed by atoms with Crippen LogP contribution in [-0.4, -0.2) is 6.16 Å².